The molecule has 0 heterocycles. The van der Waals surface area contributed by atoms with E-state index >= 15 is 0 Å². The summed E-state index contributed by atoms with van der Waals surface area (Å²) in [5, 5.41) is 11.2. The second-order valence-electron chi connectivity index (χ2n) is 4.71. The summed E-state index contributed by atoms with van der Waals surface area (Å²) in [4.78, 5) is 0. The number of halogens is 3. The third-order valence-corrected chi connectivity index (χ3v) is 3.86. The Morgan fingerprint density at radius 3 is 2.42 bits per heavy atom. The van der Waals surface area contributed by atoms with Crippen LogP contribution >= 0.6 is 27.5 Å². The summed E-state index contributed by atoms with van der Waals surface area (Å²) in [5.41, 5.74) is 0.604. The molecule has 0 radical (unpaired) electrons. The second kappa shape index (κ2) is 5.61. The van der Waals surface area contributed by atoms with Crippen LogP contribution in [0.3, 0.4) is 0 Å². The van der Waals surface area contributed by atoms with Crippen molar-refractivity contribution in [1.29, 1.82) is 0 Å². The van der Waals surface area contributed by atoms with Gasteiger partial charge in [-0.25, -0.2) is 4.39 Å². The fraction of sp³-hybridized carbons (Fsp3) is 0.200. The van der Waals surface area contributed by atoms with E-state index in [1.165, 1.54) is 6.07 Å². The number of hydrogen-bond donors (Lipinski definition) is 1. The van der Waals surface area contributed by atoms with Crippen LogP contribution in [-0.4, -0.2) is 5.11 Å². The molecule has 0 saturated heterocycles. The summed E-state index contributed by atoms with van der Waals surface area (Å²) in [6.45, 7) is 1.73. The van der Waals surface area contributed by atoms with Crippen molar-refractivity contribution in [2.24, 2.45) is 0 Å². The van der Waals surface area contributed by atoms with E-state index in [0.29, 0.717) is 15.9 Å². The van der Waals surface area contributed by atoms with Gasteiger partial charge in [0.25, 0.3) is 0 Å². The lowest BCUT2D eigenvalue weighted by atomic mass is 9.89. The molecule has 100 valence electrons. The van der Waals surface area contributed by atoms with Gasteiger partial charge in [0.15, 0.2) is 0 Å². The first-order chi connectivity index (χ1) is 8.88. The van der Waals surface area contributed by atoms with E-state index in [1.54, 1.807) is 43.3 Å². The zero-order valence-corrected chi connectivity index (χ0v) is 12.7. The highest BCUT2D eigenvalue weighted by Gasteiger charge is 2.23. The Kier molecular flexibility index (Phi) is 4.29. The fourth-order valence-electron chi connectivity index (χ4n) is 1.96. The van der Waals surface area contributed by atoms with Crippen molar-refractivity contribution in [3.63, 3.8) is 0 Å². The molecule has 1 N–H and O–H groups in total. The summed E-state index contributed by atoms with van der Waals surface area (Å²) in [7, 11) is 0. The molecule has 0 bridgehead atoms. The minimum absolute atomic E-state index is 0.310. The molecule has 2 rings (SSSR count). The Morgan fingerprint density at radius 1 is 1.21 bits per heavy atom. The van der Waals surface area contributed by atoms with Crippen LogP contribution in [0.25, 0.3) is 0 Å². The molecule has 0 saturated carbocycles. The van der Waals surface area contributed by atoms with Crippen molar-refractivity contribution in [3.05, 3.63) is 68.9 Å². The normalized spacial score (nSPS) is 14.2. The Morgan fingerprint density at radius 2 is 1.84 bits per heavy atom. The Bertz CT molecular complexity index is 581. The Hall–Kier alpha value is -0.900. The van der Waals surface area contributed by atoms with Crippen molar-refractivity contribution in [2.45, 2.75) is 18.9 Å². The summed E-state index contributed by atoms with van der Waals surface area (Å²) < 4.78 is 13.6. The SMILES string of the molecule is CC(O)(Cc1ccc(F)c(Br)c1)c1ccc(Cl)cc1. The average molecular weight is 344 g/mol. The maximum absolute atomic E-state index is 13.2. The number of rotatable bonds is 3. The van der Waals surface area contributed by atoms with E-state index in [1.807, 2.05) is 0 Å². The van der Waals surface area contributed by atoms with E-state index in [0.717, 1.165) is 11.1 Å². The van der Waals surface area contributed by atoms with Gasteiger partial charge >= 0.3 is 0 Å². The highest BCUT2D eigenvalue weighted by atomic mass is 79.9. The van der Waals surface area contributed by atoms with Crippen LogP contribution in [0.15, 0.2) is 46.9 Å². The van der Waals surface area contributed by atoms with Gasteiger partial charge in [-0.3, -0.25) is 0 Å². The van der Waals surface area contributed by atoms with Crippen molar-refractivity contribution in [2.75, 3.05) is 0 Å². The van der Waals surface area contributed by atoms with Crippen molar-refractivity contribution >= 4 is 27.5 Å². The number of aliphatic hydroxyl groups is 1. The molecule has 0 fully saturated rings. The van der Waals surface area contributed by atoms with Crippen LogP contribution in [0.4, 0.5) is 4.39 Å². The molecule has 1 unspecified atom stereocenters. The van der Waals surface area contributed by atoms with Crippen molar-refractivity contribution in [1.82, 2.24) is 0 Å². The monoisotopic (exact) mass is 342 g/mol. The molecule has 2 aromatic rings. The lowest BCUT2D eigenvalue weighted by Crippen LogP contribution is -2.24. The quantitative estimate of drug-likeness (QED) is 0.857. The molecule has 4 heteroatoms. The minimum atomic E-state index is -1.03. The van der Waals surface area contributed by atoms with Crippen molar-refractivity contribution in [3.8, 4) is 0 Å². The molecule has 0 aliphatic heterocycles. The van der Waals surface area contributed by atoms with E-state index in [2.05, 4.69) is 15.9 Å². The first-order valence-electron chi connectivity index (χ1n) is 5.81. The average Bonchev–Trinajstić information content (AvgIpc) is 2.34. The van der Waals surface area contributed by atoms with Crippen LogP contribution in [0.1, 0.15) is 18.1 Å². The van der Waals surface area contributed by atoms with Gasteiger partial charge in [-0.1, -0.05) is 29.8 Å². The molecule has 1 nitrogen and oxygen atoms in total. The maximum atomic E-state index is 13.2. The standard InChI is InChI=1S/C15H13BrClFO/c1-15(19,11-3-5-12(17)6-4-11)9-10-2-7-14(18)13(16)8-10/h2-8,19H,9H2,1H3. The van der Waals surface area contributed by atoms with Gasteiger partial charge in [0.1, 0.15) is 5.82 Å². The lowest BCUT2D eigenvalue weighted by molar-refractivity contribution is 0.0576. The van der Waals surface area contributed by atoms with Gasteiger partial charge in [0.05, 0.1) is 10.1 Å². The highest BCUT2D eigenvalue weighted by molar-refractivity contribution is 9.10. The molecule has 19 heavy (non-hydrogen) atoms. The van der Waals surface area contributed by atoms with E-state index in [4.69, 9.17) is 11.6 Å². The highest BCUT2D eigenvalue weighted by Crippen LogP contribution is 2.28. The molecular formula is C15H13BrClFO. The fourth-order valence-corrected chi connectivity index (χ4v) is 2.51. The predicted molar refractivity (Wildman–Crippen MR) is 78.8 cm³/mol. The van der Waals surface area contributed by atoms with Crippen LogP contribution in [0.5, 0.6) is 0 Å². The minimum Gasteiger partial charge on any atom is -0.385 e. The van der Waals surface area contributed by atoms with Crippen molar-refractivity contribution < 1.29 is 9.50 Å². The molecule has 2 aromatic carbocycles. The molecule has 0 amide bonds. The van der Waals surface area contributed by atoms with Gasteiger partial charge in [0, 0.05) is 11.4 Å². The molecule has 0 spiro atoms. The van der Waals surface area contributed by atoms with Crippen LogP contribution < -0.4 is 0 Å². The first kappa shape index (κ1) is 14.5. The van der Waals surface area contributed by atoms with Crippen LogP contribution in [-0.2, 0) is 12.0 Å². The molecular weight excluding hydrogens is 331 g/mol. The van der Waals surface area contributed by atoms with E-state index < -0.39 is 5.60 Å². The predicted octanol–water partition coefficient (Wildman–Crippen LogP) is 4.69. The van der Waals surface area contributed by atoms with Gasteiger partial charge < -0.3 is 5.11 Å². The zero-order chi connectivity index (χ0) is 14.0. The summed E-state index contributed by atoms with van der Waals surface area (Å²) in [6.07, 6.45) is 0.396. The van der Waals surface area contributed by atoms with Gasteiger partial charge in [-0.05, 0) is 58.2 Å². The number of benzene rings is 2. The van der Waals surface area contributed by atoms with Crippen LogP contribution in [0.2, 0.25) is 5.02 Å². The summed E-state index contributed by atoms with van der Waals surface area (Å²) in [5.74, 6) is -0.310. The van der Waals surface area contributed by atoms with E-state index in [-0.39, 0.29) is 5.82 Å². The van der Waals surface area contributed by atoms with Gasteiger partial charge in [-0.2, -0.15) is 0 Å². The van der Waals surface area contributed by atoms with Crippen LogP contribution in [0, 0.1) is 5.82 Å². The molecule has 0 aromatic heterocycles. The largest absolute Gasteiger partial charge is 0.385 e. The smallest absolute Gasteiger partial charge is 0.137 e. The molecule has 0 aliphatic rings. The third-order valence-electron chi connectivity index (χ3n) is 3.00. The lowest BCUT2D eigenvalue weighted by Gasteiger charge is -2.24. The number of hydrogen-bond acceptors (Lipinski definition) is 1. The third kappa shape index (κ3) is 3.56. The molecule has 0 aliphatic carbocycles. The molecule has 1 atom stereocenters. The Labute approximate surface area is 125 Å². The summed E-state index contributed by atoms with van der Waals surface area (Å²) in [6, 6.07) is 11.8. The summed E-state index contributed by atoms with van der Waals surface area (Å²) >= 11 is 8.98. The van der Waals surface area contributed by atoms with Gasteiger partial charge in [0.2, 0.25) is 0 Å². The second-order valence-corrected chi connectivity index (χ2v) is 6.00. The van der Waals surface area contributed by atoms with Gasteiger partial charge in [-0.15, -0.1) is 0 Å². The first-order valence-corrected chi connectivity index (χ1v) is 6.98. The Balaban J connectivity index is 2.25. The topological polar surface area (TPSA) is 20.2 Å². The maximum Gasteiger partial charge on any atom is 0.137 e. The zero-order valence-electron chi connectivity index (χ0n) is 10.3. The van der Waals surface area contributed by atoms with E-state index in [9.17, 15) is 9.50 Å².